The SMILES string of the molecule is C[C@H]1[C@@H](CN(C)Cc2ccccc2)O[C@@H](c2cccc(N)c2)O[C@H]1c1ccc(CO)cc1. The lowest BCUT2D eigenvalue weighted by atomic mass is 9.90. The number of aliphatic hydroxyl groups excluding tert-OH is 1. The van der Waals surface area contributed by atoms with Crippen molar-refractivity contribution in [2.75, 3.05) is 19.3 Å². The highest BCUT2D eigenvalue weighted by Gasteiger charge is 2.38. The molecule has 3 N–H and O–H groups in total. The molecule has 0 unspecified atom stereocenters. The monoisotopic (exact) mass is 432 g/mol. The van der Waals surface area contributed by atoms with Crippen LogP contribution in [0.3, 0.4) is 0 Å². The van der Waals surface area contributed by atoms with Crippen LogP contribution >= 0.6 is 0 Å². The van der Waals surface area contributed by atoms with Crippen LogP contribution in [0.4, 0.5) is 5.69 Å². The first-order valence-electron chi connectivity index (χ1n) is 11.1. The van der Waals surface area contributed by atoms with Crippen LogP contribution in [0.15, 0.2) is 78.9 Å². The molecule has 4 atom stereocenters. The Bertz CT molecular complexity index is 993. The Labute approximate surface area is 190 Å². The van der Waals surface area contributed by atoms with Crippen LogP contribution in [0.1, 0.15) is 41.6 Å². The summed E-state index contributed by atoms with van der Waals surface area (Å²) in [4.78, 5) is 2.30. The van der Waals surface area contributed by atoms with Crippen molar-refractivity contribution in [1.29, 1.82) is 0 Å². The fraction of sp³-hybridized carbons (Fsp3) is 0.333. The van der Waals surface area contributed by atoms with Crippen molar-refractivity contribution in [3.63, 3.8) is 0 Å². The predicted molar refractivity (Wildman–Crippen MR) is 127 cm³/mol. The molecular weight excluding hydrogens is 400 g/mol. The van der Waals surface area contributed by atoms with Gasteiger partial charge in [0.2, 0.25) is 0 Å². The Morgan fingerprint density at radius 2 is 1.62 bits per heavy atom. The van der Waals surface area contributed by atoms with E-state index < -0.39 is 6.29 Å². The van der Waals surface area contributed by atoms with Crippen molar-refractivity contribution in [2.45, 2.75) is 38.6 Å². The fourth-order valence-corrected chi connectivity index (χ4v) is 4.30. The number of anilines is 1. The van der Waals surface area contributed by atoms with Gasteiger partial charge in [0.25, 0.3) is 0 Å². The number of hydrogen-bond donors (Lipinski definition) is 2. The number of likely N-dealkylation sites (N-methyl/N-ethyl adjacent to an activating group) is 1. The lowest BCUT2D eigenvalue weighted by molar-refractivity contribution is -0.276. The van der Waals surface area contributed by atoms with Crippen molar-refractivity contribution >= 4 is 5.69 Å². The second kappa shape index (κ2) is 10.3. The number of rotatable bonds is 7. The second-order valence-corrected chi connectivity index (χ2v) is 8.67. The first-order chi connectivity index (χ1) is 15.5. The molecule has 32 heavy (non-hydrogen) atoms. The molecule has 1 aliphatic rings. The minimum Gasteiger partial charge on any atom is -0.399 e. The predicted octanol–water partition coefficient (Wildman–Crippen LogP) is 4.68. The Balaban J connectivity index is 1.57. The molecule has 0 bridgehead atoms. The zero-order chi connectivity index (χ0) is 22.5. The van der Waals surface area contributed by atoms with Gasteiger partial charge in [0, 0.05) is 30.3 Å². The molecule has 0 radical (unpaired) electrons. The highest BCUT2D eigenvalue weighted by atomic mass is 16.7. The third-order valence-electron chi connectivity index (χ3n) is 6.09. The largest absolute Gasteiger partial charge is 0.399 e. The van der Waals surface area contributed by atoms with Gasteiger partial charge in [-0.3, -0.25) is 4.90 Å². The van der Waals surface area contributed by atoms with Crippen LogP contribution in [0, 0.1) is 5.92 Å². The Morgan fingerprint density at radius 3 is 2.31 bits per heavy atom. The number of nitrogens with two attached hydrogens (primary N) is 1. The summed E-state index contributed by atoms with van der Waals surface area (Å²) in [7, 11) is 2.12. The van der Waals surface area contributed by atoms with E-state index >= 15 is 0 Å². The maximum atomic E-state index is 9.40. The Kier molecular flexibility index (Phi) is 7.22. The molecule has 1 heterocycles. The Hall–Kier alpha value is -2.70. The zero-order valence-electron chi connectivity index (χ0n) is 18.7. The van der Waals surface area contributed by atoms with E-state index in [4.69, 9.17) is 15.2 Å². The van der Waals surface area contributed by atoms with E-state index in [0.717, 1.165) is 29.8 Å². The van der Waals surface area contributed by atoms with E-state index in [9.17, 15) is 5.11 Å². The van der Waals surface area contributed by atoms with Gasteiger partial charge in [-0.2, -0.15) is 0 Å². The molecule has 3 aromatic rings. The van der Waals surface area contributed by atoms with Gasteiger partial charge >= 0.3 is 0 Å². The standard InChI is InChI=1S/C27H32N2O3/c1-19-25(17-29(2)16-20-7-4-3-5-8-20)31-27(23-9-6-10-24(28)15-23)32-26(19)22-13-11-21(18-30)12-14-22/h3-15,19,25-27,30H,16-18,28H2,1-2H3/t19-,25+,26+,27+/m0/s1. The highest BCUT2D eigenvalue weighted by Crippen LogP contribution is 2.42. The maximum absolute atomic E-state index is 9.40. The van der Waals surface area contributed by atoms with Crippen molar-refractivity contribution < 1.29 is 14.6 Å². The summed E-state index contributed by atoms with van der Waals surface area (Å²) >= 11 is 0. The number of nitrogens with zero attached hydrogens (tertiary/aromatic N) is 1. The third kappa shape index (κ3) is 5.37. The molecule has 0 aliphatic carbocycles. The number of ether oxygens (including phenoxy) is 2. The lowest BCUT2D eigenvalue weighted by Crippen LogP contribution is -2.43. The lowest BCUT2D eigenvalue weighted by Gasteiger charge is -2.42. The molecule has 0 amide bonds. The number of benzene rings is 3. The summed E-state index contributed by atoms with van der Waals surface area (Å²) in [5.41, 5.74) is 10.9. The van der Waals surface area contributed by atoms with Gasteiger partial charge in [-0.15, -0.1) is 0 Å². The van der Waals surface area contributed by atoms with Crippen LogP contribution in [-0.4, -0.2) is 29.7 Å². The first kappa shape index (κ1) is 22.5. The van der Waals surface area contributed by atoms with Crippen molar-refractivity contribution in [1.82, 2.24) is 4.90 Å². The second-order valence-electron chi connectivity index (χ2n) is 8.67. The normalized spacial score (nSPS) is 23.4. The number of aliphatic hydroxyl groups is 1. The maximum Gasteiger partial charge on any atom is 0.185 e. The minimum atomic E-state index is -0.493. The topological polar surface area (TPSA) is 68.0 Å². The molecule has 0 aromatic heterocycles. The van der Waals surface area contributed by atoms with E-state index in [0.29, 0.717) is 5.69 Å². The molecule has 5 nitrogen and oxygen atoms in total. The van der Waals surface area contributed by atoms with Crippen LogP contribution in [0.2, 0.25) is 0 Å². The van der Waals surface area contributed by atoms with Gasteiger partial charge in [0.15, 0.2) is 6.29 Å². The van der Waals surface area contributed by atoms with Gasteiger partial charge in [0.05, 0.1) is 18.8 Å². The molecule has 1 aliphatic heterocycles. The number of nitrogen functional groups attached to an aromatic ring is 1. The van der Waals surface area contributed by atoms with Gasteiger partial charge in [-0.1, -0.05) is 73.7 Å². The fourth-order valence-electron chi connectivity index (χ4n) is 4.30. The summed E-state index contributed by atoms with van der Waals surface area (Å²) < 4.78 is 13.0. The third-order valence-corrected chi connectivity index (χ3v) is 6.09. The molecule has 0 spiro atoms. The smallest absolute Gasteiger partial charge is 0.185 e. The van der Waals surface area contributed by atoms with Crippen molar-refractivity contribution in [2.24, 2.45) is 5.92 Å². The molecule has 168 valence electrons. The molecule has 5 heteroatoms. The van der Waals surface area contributed by atoms with E-state index in [1.165, 1.54) is 5.56 Å². The van der Waals surface area contributed by atoms with Crippen LogP contribution in [0.5, 0.6) is 0 Å². The quantitative estimate of drug-likeness (QED) is 0.531. The zero-order valence-corrected chi connectivity index (χ0v) is 18.7. The molecule has 4 rings (SSSR count). The summed E-state index contributed by atoms with van der Waals surface area (Å²) in [5.74, 6) is 0.144. The van der Waals surface area contributed by atoms with E-state index in [-0.39, 0.29) is 24.7 Å². The minimum absolute atomic E-state index is 0.0218. The van der Waals surface area contributed by atoms with Gasteiger partial charge in [-0.25, -0.2) is 0 Å². The van der Waals surface area contributed by atoms with Crippen LogP contribution < -0.4 is 5.73 Å². The van der Waals surface area contributed by atoms with Gasteiger partial charge in [0.1, 0.15) is 0 Å². The summed E-state index contributed by atoms with van der Waals surface area (Å²) in [6.45, 7) is 3.85. The van der Waals surface area contributed by atoms with Crippen LogP contribution in [-0.2, 0) is 22.6 Å². The highest BCUT2D eigenvalue weighted by molar-refractivity contribution is 5.41. The molecule has 0 saturated carbocycles. The summed E-state index contributed by atoms with van der Waals surface area (Å²) in [5, 5.41) is 9.40. The molecule has 3 aromatic carbocycles. The average Bonchev–Trinajstić information content (AvgIpc) is 2.81. The molecular formula is C27H32N2O3. The number of hydrogen-bond acceptors (Lipinski definition) is 5. The van der Waals surface area contributed by atoms with E-state index in [1.807, 2.05) is 54.6 Å². The van der Waals surface area contributed by atoms with Crippen LogP contribution in [0.25, 0.3) is 0 Å². The van der Waals surface area contributed by atoms with Gasteiger partial charge < -0.3 is 20.3 Å². The molecule has 1 saturated heterocycles. The van der Waals surface area contributed by atoms with E-state index in [1.54, 1.807) is 0 Å². The Morgan fingerprint density at radius 1 is 0.875 bits per heavy atom. The van der Waals surface area contributed by atoms with Gasteiger partial charge in [-0.05, 0) is 35.9 Å². The van der Waals surface area contributed by atoms with E-state index in [2.05, 4.69) is 43.1 Å². The average molecular weight is 433 g/mol. The van der Waals surface area contributed by atoms with Crippen molar-refractivity contribution in [3.8, 4) is 0 Å². The summed E-state index contributed by atoms with van der Waals surface area (Å²) in [6.07, 6.45) is -0.642. The molecule has 1 fully saturated rings. The summed E-state index contributed by atoms with van der Waals surface area (Å²) in [6, 6.07) is 26.1. The first-order valence-corrected chi connectivity index (χ1v) is 11.1. The van der Waals surface area contributed by atoms with Crippen molar-refractivity contribution in [3.05, 3.63) is 101 Å².